The van der Waals surface area contributed by atoms with Gasteiger partial charge in [0.15, 0.2) is 0 Å². The molecular weight excluding hydrogens is 500 g/mol. The van der Waals surface area contributed by atoms with Crippen molar-refractivity contribution in [1.82, 2.24) is 19.9 Å². The lowest BCUT2D eigenvalue weighted by molar-refractivity contribution is 0.240. The molecule has 0 saturated heterocycles. The summed E-state index contributed by atoms with van der Waals surface area (Å²) >= 11 is 1.68. The zero-order valence-electron chi connectivity index (χ0n) is 21.5. The summed E-state index contributed by atoms with van der Waals surface area (Å²) in [5, 5.41) is 0.958. The highest BCUT2D eigenvalue weighted by Gasteiger charge is 2.13. The number of ether oxygens (including phenoxy) is 1. The van der Waals surface area contributed by atoms with Crippen LogP contribution in [0.5, 0.6) is 5.75 Å². The largest absolute Gasteiger partial charge is 0.487 e. The predicted molar refractivity (Wildman–Crippen MR) is 157 cm³/mol. The highest BCUT2D eigenvalue weighted by molar-refractivity contribution is 7.21. The Kier molecular flexibility index (Phi) is 7.66. The third-order valence-electron chi connectivity index (χ3n) is 6.40. The highest BCUT2D eigenvalue weighted by atomic mass is 32.1. The molecule has 0 aliphatic rings. The van der Waals surface area contributed by atoms with Crippen molar-refractivity contribution >= 4 is 21.6 Å². The molecule has 0 aliphatic carbocycles. The molecule has 0 spiro atoms. The maximum absolute atomic E-state index is 6.31. The van der Waals surface area contributed by atoms with Crippen LogP contribution in [-0.2, 0) is 26.2 Å². The Labute approximate surface area is 232 Å². The summed E-state index contributed by atoms with van der Waals surface area (Å²) in [5.74, 6) is 0.810. The lowest BCUT2D eigenvalue weighted by atomic mass is 10.2. The zero-order chi connectivity index (χ0) is 26.3. The van der Waals surface area contributed by atoms with Crippen LogP contribution in [0.4, 0.5) is 0 Å². The molecule has 39 heavy (non-hydrogen) atoms. The van der Waals surface area contributed by atoms with Crippen LogP contribution in [0.15, 0.2) is 121 Å². The maximum Gasteiger partial charge on any atom is 0.130 e. The van der Waals surface area contributed by atoms with Gasteiger partial charge in [-0.1, -0.05) is 66.7 Å². The maximum atomic E-state index is 6.31. The van der Waals surface area contributed by atoms with E-state index >= 15 is 0 Å². The molecule has 0 N–H and O–H groups in total. The van der Waals surface area contributed by atoms with Gasteiger partial charge in [0.1, 0.15) is 17.4 Å². The third kappa shape index (κ3) is 6.37. The Morgan fingerprint density at radius 2 is 1.36 bits per heavy atom. The van der Waals surface area contributed by atoms with Gasteiger partial charge in [0, 0.05) is 25.8 Å². The summed E-state index contributed by atoms with van der Waals surface area (Å²) in [5.41, 5.74) is 6.21. The van der Waals surface area contributed by atoms with Gasteiger partial charge in [0.25, 0.3) is 0 Å². The first-order valence-corrected chi connectivity index (χ1v) is 13.8. The van der Waals surface area contributed by atoms with Crippen LogP contribution in [0.3, 0.4) is 0 Å². The molecule has 0 aliphatic heterocycles. The molecule has 0 saturated carbocycles. The van der Waals surface area contributed by atoms with Crippen LogP contribution >= 0.6 is 11.3 Å². The molecule has 0 amide bonds. The molecule has 6 rings (SSSR count). The van der Waals surface area contributed by atoms with Crippen molar-refractivity contribution in [3.05, 3.63) is 144 Å². The van der Waals surface area contributed by atoms with Crippen LogP contribution in [0, 0.1) is 0 Å². The fraction of sp³-hybridized carbons (Fsp3) is 0.121. The van der Waals surface area contributed by atoms with E-state index in [9.17, 15) is 0 Å². The lowest BCUT2D eigenvalue weighted by Gasteiger charge is -2.22. The van der Waals surface area contributed by atoms with Crippen LogP contribution in [0.2, 0.25) is 0 Å². The van der Waals surface area contributed by atoms with E-state index in [-0.39, 0.29) is 0 Å². The average molecular weight is 529 g/mol. The average Bonchev–Trinajstić information content (AvgIpc) is 3.42. The summed E-state index contributed by atoms with van der Waals surface area (Å²) in [7, 11) is 0. The minimum atomic E-state index is 0.384. The molecule has 0 fully saturated rings. The Bertz CT molecular complexity index is 1580. The van der Waals surface area contributed by atoms with E-state index in [0.29, 0.717) is 13.2 Å². The van der Waals surface area contributed by atoms with Gasteiger partial charge in [-0.05, 0) is 54.1 Å². The van der Waals surface area contributed by atoms with Crippen molar-refractivity contribution in [3.63, 3.8) is 0 Å². The summed E-state index contributed by atoms with van der Waals surface area (Å²) < 4.78 is 7.47. The molecular formula is C33H28N4OS. The second-order valence-electron chi connectivity index (χ2n) is 9.34. The molecule has 5 nitrogen and oxygen atoms in total. The van der Waals surface area contributed by atoms with Crippen molar-refractivity contribution in [2.45, 2.75) is 26.2 Å². The van der Waals surface area contributed by atoms with Crippen LogP contribution in [0.1, 0.15) is 22.6 Å². The number of hydrogen-bond acceptors (Lipinski definition) is 6. The van der Waals surface area contributed by atoms with Crippen molar-refractivity contribution in [2.75, 3.05) is 0 Å². The van der Waals surface area contributed by atoms with E-state index < -0.39 is 0 Å². The van der Waals surface area contributed by atoms with Crippen molar-refractivity contribution in [1.29, 1.82) is 0 Å². The molecule has 0 atom stereocenters. The third-order valence-corrected chi connectivity index (χ3v) is 7.47. The number of para-hydroxylation sites is 2. The summed E-state index contributed by atoms with van der Waals surface area (Å²) in [4.78, 5) is 16.7. The molecule has 3 aromatic heterocycles. The number of benzene rings is 3. The second kappa shape index (κ2) is 12.0. The first-order valence-electron chi connectivity index (χ1n) is 13.0. The van der Waals surface area contributed by atoms with Gasteiger partial charge in [0.2, 0.25) is 0 Å². The number of thiazole rings is 1. The van der Waals surface area contributed by atoms with E-state index in [1.54, 1.807) is 11.3 Å². The van der Waals surface area contributed by atoms with E-state index in [2.05, 4.69) is 64.5 Å². The van der Waals surface area contributed by atoms with Gasteiger partial charge >= 0.3 is 0 Å². The predicted octanol–water partition coefficient (Wildman–Crippen LogP) is 7.53. The Hall–Kier alpha value is -4.39. The fourth-order valence-corrected chi connectivity index (χ4v) is 5.56. The van der Waals surface area contributed by atoms with Gasteiger partial charge in [-0.2, -0.15) is 0 Å². The SMILES string of the molecule is c1ccc(CN(Cc2ccccn2)Cc2cccc(COc3ccccc3-c3nc4ccccc4s3)n2)cc1. The first-order chi connectivity index (χ1) is 19.3. The molecule has 0 radical (unpaired) electrons. The van der Waals surface area contributed by atoms with Gasteiger partial charge in [-0.3, -0.25) is 14.9 Å². The number of fused-ring (bicyclic) bond motifs is 1. The van der Waals surface area contributed by atoms with E-state index in [1.807, 2.05) is 66.9 Å². The zero-order valence-corrected chi connectivity index (χ0v) is 22.3. The first kappa shape index (κ1) is 24.9. The number of hydrogen-bond donors (Lipinski definition) is 0. The number of pyridine rings is 2. The Morgan fingerprint density at radius 3 is 2.23 bits per heavy atom. The Balaban J connectivity index is 1.18. The summed E-state index contributed by atoms with van der Waals surface area (Å²) in [6.45, 7) is 2.65. The monoisotopic (exact) mass is 528 g/mol. The van der Waals surface area contributed by atoms with Gasteiger partial charge < -0.3 is 4.74 Å². The molecule has 6 heteroatoms. The number of aromatic nitrogens is 3. The minimum absolute atomic E-state index is 0.384. The normalized spacial score (nSPS) is 11.2. The van der Waals surface area contributed by atoms with E-state index in [4.69, 9.17) is 14.7 Å². The molecule has 3 aromatic carbocycles. The summed E-state index contributed by atoms with van der Waals surface area (Å²) in [6.07, 6.45) is 1.85. The fourth-order valence-electron chi connectivity index (χ4n) is 4.57. The van der Waals surface area contributed by atoms with Gasteiger partial charge in [-0.15, -0.1) is 11.3 Å². The quantitative estimate of drug-likeness (QED) is 0.184. The topological polar surface area (TPSA) is 51.1 Å². The van der Waals surface area contributed by atoms with Crippen LogP contribution < -0.4 is 4.74 Å². The number of nitrogens with zero attached hydrogens (tertiary/aromatic N) is 4. The second-order valence-corrected chi connectivity index (χ2v) is 10.4. The Morgan fingerprint density at radius 1 is 0.615 bits per heavy atom. The van der Waals surface area contributed by atoms with Crippen LogP contribution in [0.25, 0.3) is 20.8 Å². The standard InChI is InChI=1S/C33H28N4OS/c1-2-11-25(12-3-1)21-37(22-26-13-8-9-20-34-26)23-27-14-10-15-28(35-27)24-38-31-18-6-4-16-29(31)33-36-30-17-5-7-19-32(30)39-33/h1-20H,21-24H2. The van der Waals surface area contributed by atoms with Gasteiger partial charge in [-0.25, -0.2) is 4.98 Å². The smallest absolute Gasteiger partial charge is 0.130 e. The van der Waals surface area contributed by atoms with Crippen molar-refractivity contribution in [2.24, 2.45) is 0 Å². The van der Waals surface area contributed by atoms with Gasteiger partial charge in [0.05, 0.1) is 32.9 Å². The van der Waals surface area contributed by atoms with E-state index in [0.717, 1.165) is 52.0 Å². The summed E-state index contributed by atoms with van der Waals surface area (Å²) in [6, 6.07) is 39.0. The van der Waals surface area contributed by atoms with Crippen LogP contribution in [-0.4, -0.2) is 19.9 Å². The van der Waals surface area contributed by atoms with Crippen molar-refractivity contribution in [3.8, 4) is 16.3 Å². The minimum Gasteiger partial charge on any atom is -0.487 e. The van der Waals surface area contributed by atoms with E-state index in [1.165, 1.54) is 10.3 Å². The molecule has 0 unspecified atom stereocenters. The molecule has 192 valence electrons. The lowest BCUT2D eigenvalue weighted by Crippen LogP contribution is -2.23. The highest BCUT2D eigenvalue weighted by Crippen LogP contribution is 2.35. The molecule has 6 aromatic rings. The van der Waals surface area contributed by atoms with Crippen molar-refractivity contribution < 1.29 is 4.74 Å². The molecule has 0 bridgehead atoms. The number of rotatable bonds is 10. The molecule has 3 heterocycles.